The number of hydrogen-bond donors (Lipinski definition) is 2. The van der Waals surface area contributed by atoms with Gasteiger partial charge in [-0.3, -0.25) is 9.59 Å². The van der Waals surface area contributed by atoms with Gasteiger partial charge in [0.05, 0.1) is 20.4 Å². The molecule has 1 atom stereocenters. The fourth-order valence-electron chi connectivity index (χ4n) is 3.47. The molecule has 0 saturated heterocycles. The minimum Gasteiger partial charge on any atom is -0.497 e. The van der Waals surface area contributed by atoms with Crippen molar-refractivity contribution in [2.45, 2.75) is 33.4 Å². The van der Waals surface area contributed by atoms with E-state index in [9.17, 15) is 9.59 Å². The lowest BCUT2D eigenvalue weighted by Gasteiger charge is -2.20. The van der Waals surface area contributed by atoms with Crippen LogP contribution in [0.15, 0.2) is 71.8 Å². The summed E-state index contributed by atoms with van der Waals surface area (Å²) in [6.45, 7) is 6.15. The Morgan fingerprint density at radius 2 is 1.62 bits per heavy atom. The molecule has 8 nitrogen and oxygen atoms in total. The van der Waals surface area contributed by atoms with Gasteiger partial charge in [0.1, 0.15) is 18.4 Å². The smallest absolute Gasteiger partial charge is 0.262 e. The summed E-state index contributed by atoms with van der Waals surface area (Å²) < 4.78 is 16.5. The largest absolute Gasteiger partial charge is 0.497 e. The van der Waals surface area contributed by atoms with Gasteiger partial charge in [0, 0.05) is 5.56 Å². The van der Waals surface area contributed by atoms with Gasteiger partial charge in [0.2, 0.25) is 0 Å². The fourth-order valence-corrected chi connectivity index (χ4v) is 3.47. The third kappa shape index (κ3) is 7.83. The van der Waals surface area contributed by atoms with E-state index in [0.29, 0.717) is 35.0 Å². The molecule has 0 radical (unpaired) electrons. The number of nitrogens with zero attached hydrogens (tertiary/aromatic N) is 1. The van der Waals surface area contributed by atoms with Crippen LogP contribution in [0.4, 0.5) is 0 Å². The van der Waals surface area contributed by atoms with Gasteiger partial charge in [0.15, 0.2) is 11.5 Å². The van der Waals surface area contributed by atoms with E-state index in [1.54, 1.807) is 50.6 Å². The summed E-state index contributed by atoms with van der Waals surface area (Å²) in [5, 5.41) is 6.84. The van der Waals surface area contributed by atoms with Gasteiger partial charge in [-0.1, -0.05) is 43.7 Å². The Bertz CT molecular complexity index is 1220. The Balaban J connectivity index is 1.59. The van der Waals surface area contributed by atoms with Crippen LogP contribution in [0.2, 0.25) is 0 Å². The van der Waals surface area contributed by atoms with Crippen LogP contribution in [0.1, 0.15) is 40.9 Å². The predicted octanol–water partition coefficient (Wildman–Crippen LogP) is 4.50. The summed E-state index contributed by atoms with van der Waals surface area (Å²) in [4.78, 5) is 25.4. The van der Waals surface area contributed by atoms with Crippen molar-refractivity contribution in [3.63, 3.8) is 0 Å². The Morgan fingerprint density at radius 3 is 2.24 bits per heavy atom. The predicted molar refractivity (Wildman–Crippen MR) is 143 cm³/mol. The summed E-state index contributed by atoms with van der Waals surface area (Å²) in [6.07, 6.45) is 1.51. The van der Waals surface area contributed by atoms with Crippen LogP contribution in [0.3, 0.4) is 0 Å². The number of aryl methyl sites for hydroxylation is 1. The highest BCUT2D eigenvalue weighted by Gasteiger charge is 2.24. The molecule has 0 aliphatic heterocycles. The Labute approximate surface area is 217 Å². The molecule has 0 bridgehead atoms. The van der Waals surface area contributed by atoms with E-state index in [4.69, 9.17) is 14.2 Å². The topological polar surface area (TPSA) is 98.2 Å². The second-order valence-corrected chi connectivity index (χ2v) is 8.84. The number of methoxy groups -OCH3 is 2. The van der Waals surface area contributed by atoms with Crippen molar-refractivity contribution < 1.29 is 23.8 Å². The summed E-state index contributed by atoms with van der Waals surface area (Å²) in [5.74, 6) is 0.873. The van der Waals surface area contributed by atoms with Crippen LogP contribution in [0, 0.1) is 12.8 Å². The van der Waals surface area contributed by atoms with Gasteiger partial charge in [-0.15, -0.1) is 0 Å². The maximum Gasteiger partial charge on any atom is 0.262 e. The van der Waals surface area contributed by atoms with Crippen molar-refractivity contribution in [3.05, 3.63) is 89.0 Å². The Hall–Kier alpha value is -4.33. The van der Waals surface area contributed by atoms with E-state index < -0.39 is 11.9 Å². The van der Waals surface area contributed by atoms with Crippen LogP contribution in [-0.4, -0.2) is 38.3 Å². The van der Waals surface area contributed by atoms with Gasteiger partial charge in [-0.2, -0.15) is 5.10 Å². The molecule has 0 aromatic heterocycles. The first-order valence-electron chi connectivity index (χ1n) is 11.9. The summed E-state index contributed by atoms with van der Waals surface area (Å²) in [7, 11) is 3.12. The molecule has 0 heterocycles. The summed E-state index contributed by atoms with van der Waals surface area (Å²) >= 11 is 0. The first-order valence-corrected chi connectivity index (χ1v) is 11.9. The van der Waals surface area contributed by atoms with Gasteiger partial charge >= 0.3 is 0 Å². The molecule has 3 aromatic carbocycles. The maximum absolute atomic E-state index is 12.8. The molecule has 0 aliphatic carbocycles. The van der Waals surface area contributed by atoms with Crippen LogP contribution in [0.25, 0.3) is 0 Å². The molecule has 0 spiro atoms. The minimum absolute atomic E-state index is 0.151. The number of amides is 2. The van der Waals surface area contributed by atoms with Crippen LogP contribution >= 0.6 is 0 Å². The highest BCUT2D eigenvalue weighted by Crippen LogP contribution is 2.28. The normalized spacial score (nSPS) is 11.7. The average molecular weight is 504 g/mol. The molecule has 0 aliphatic rings. The lowest BCUT2D eigenvalue weighted by molar-refractivity contribution is -0.123. The van der Waals surface area contributed by atoms with Crippen LogP contribution in [0.5, 0.6) is 17.2 Å². The molecule has 3 rings (SSSR count). The lowest BCUT2D eigenvalue weighted by Crippen LogP contribution is -2.48. The second-order valence-electron chi connectivity index (χ2n) is 8.84. The first kappa shape index (κ1) is 27.3. The quantitative estimate of drug-likeness (QED) is 0.297. The third-order valence-electron chi connectivity index (χ3n) is 5.68. The average Bonchev–Trinajstić information content (AvgIpc) is 2.91. The van der Waals surface area contributed by atoms with Crippen molar-refractivity contribution in [2.24, 2.45) is 11.0 Å². The van der Waals surface area contributed by atoms with Crippen molar-refractivity contribution >= 4 is 18.0 Å². The second kappa shape index (κ2) is 13.1. The monoisotopic (exact) mass is 503 g/mol. The number of carbonyl (C=O) groups is 2. The molecule has 0 saturated carbocycles. The molecule has 1 unspecified atom stereocenters. The zero-order valence-electron chi connectivity index (χ0n) is 21.8. The SMILES string of the molecule is COc1ccc(C(=O)NC(C(=O)N/N=C/c2ccc(OCc3ccc(C)cc3)c(OC)c2)C(C)C)cc1. The fraction of sp³-hybridized carbons (Fsp3) is 0.276. The zero-order chi connectivity index (χ0) is 26.8. The third-order valence-corrected chi connectivity index (χ3v) is 5.68. The van der Waals surface area contributed by atoms with E-state index in [1.807, 2.05) is 51.1 Å². The summed E-state index contributed by atoms with van der Waals surface area (Å²) in [5.41, 5.74) is 5.90. The maximum atomic E-state index is 12.8. The van der Waals surface area contributed by atoms with Crippen molar-refractivity contribution in [1.82, 2.24) is 10.7 Å². The number of hydrazone groups is 1. The highest BCUT2D eigenvalue weighted by atomic mass is 16.5. The number of benzene rings is 3. The number of hydrogen-bond acceptors (Lipinski definition) is 6. The molecule has 2 N–H and O–H groups in total. The van der Waals surface area contributed by atoms with Crippen molar-refractivity contribution in [2.75, 3.05) is 14.2 Å². The van der Waals surface area contributed by atoms with Crippen molar-refractivity contribution in [3.8, 4) is 17.2 Å². The number of ether oxygens (including phenoxy) is 3. The molecule has 8 heteroatoms. The van der Waals surface area contributed by atoms with Crippen LogP contribution in [-0.2, 0) is 11.4 Å². The van der Waals surface area contributed by atoms with E-state index in [2.05, 4.69) is 15.8 Å². The zero-order valence-corrected chi connectivity index (χ0v) is 21.8. The van der Waals surface area contributed by atoms with Gasteiger partial charge in [-0.05, 0) is 66.4 Å². The Morgan fingerprint density at radius 1 is 0.919 bits per heavy atom. The van der Waals surface area contributed by atoms with Crippen molar-refractivity contribution in [1.29, 1.82) is 0 Å². The van der Waals surface area contributed by atoms with E-state index in [1.165, 1.54) is 11.8 Å². The summed E-state index contributed by atoms with van der Waals surface area (Å²) in [6, 6.07) is 19.4. The van der Waals surface area contributed by atoms with Gasteiger partial charge in [-0.25, -0.2) is 5.43 Å². The number of rotatable bonds is 11. The number of nitrogens with one attached hydrogen (secondary N) is 2. The molecular formula is C29H33N3O5. The van der Waals surface area contributed by atoms with E-state index >= 15 is 0 Å². The van der Waals surface area contributed by atoms with E-state index in [0.717, 1.165) is 5.56 Å². The van der Waals surface area contributed by atoms with Crippen LogP contribution < -0.4 is 25.0 Å². The molecular weight excluding hydrogens is 470 g/mol. The standard InChI is InChI=1S/C29H33N3O5/c1-19(2)27(31-28(33)23-11-13-24(35-4)14-12-23)29(34)32-30-17-22-10-15-25(26(16-22)36-5)37-18-21-8-6-20(3)7-9-21/h6-17,19,27H,18H2,1-5H3,(H,31,33)(H,32,34)/b30-17+. The van der Waals surface area contributed by atoms with Gasteiger partial charge in [0.25, 0.3) is 11.8 Å². The van der Waals surface area contributed by atoms with Gasteiger partial charge < -0.3 is 19.5 Å². The molecule has 2 amide bonds. The highest BCUT2D eigenvalue weighted by molar-refractivity contribution is 5.97. The minimum atomic E-state index is -0.765. The van der Waals surface area contributed by atoms with E-state index in [-0.39, 0.29) is 11.8 Å². The molecule has 194 valence electrons. The number of carbonyl (C=O) groups excluding carboxylic acids is 2. The molecule has 0 fully saturated rings. The Kier molecular flexibility index (Phi) is 9.66. The molecule has 3 aromatic rings. The first-order chi connectivity index (χ1) is 17.8. The lowest BCUT2D eigenvalue weighted by atomic mass is 10.0. The molecule has 37 heavy (non-hydrogen) atoms.